The van der Waals surface area contributed by atoms with E-state index in [0.717, 1.165) is 41.4 Å². The van der Waals surface area contributed by atoms with Gasteiger partial charge in [0.05, 0.1) is 0 Å². The summed E-state index contributed by atoms with van der Waals surface area (Å²) in [7, 11) is 0. The minimum absolute atomic E-state index is 0.541. The minimum atomic E-state index is 0.541. The Kier molecular flexibility index (Phi) is 8.84. The highest BCUT2D eigenvalue weighted by atomic mass is 14.6. The maximum absolute atomic E-state index is 2.61. The first kappa shape index (κ1) is 22.0. The van der Waals surface area contributed by atoms with Gasteiger partial charge in [-0.3, -0.25) is 0 Å². The fourth-order valence-electron chi connectivity index (χ4n) is 6.24. The normalized spacial score (nSPS) is 29.4. The highest BCUT2D eigenvalue weighted by Gasteiger charge is 2.53. The third-order valence-electron chi connectivity index (χ3n) is 8.61. The van der Waals surface area contributed by atoms with Crippen LogP contribution in [-0.2, 0) is 0 Å². The number of hydrogen-bond donors (Lipinski definition) is 0. The first-order valence-electron chi connectivity index (χ1n) is 11.4. The molecule has 1 saturated carbocycles. The van der Waals surface area contributed by atoms with Crippen LogP contribution in [-0.4, -0.2) is 0 Å². The van der Waals surface area contributed by atoms with Crippen LogP contribution in [0.5, 0.6) is 0 Å². The Labute approximate surface area is 154 Å². The van der Waals surface area contributed by atoms with Crippen molar-refractivity contribution in [3.63, 3.8) is 0 Å². The number of rotatable bonds is 12. The van der Waals surface area contributed by atoms with E-state index in [-0.39, 0.29) is 0 Å². The highest BCUT2D eigenvalue weighted by molar-refractivity contribution is 5.02. The first-order chi connectivity index (χ1) is 11.4. The van der Waals surface area contributed by atoms with Crippen molar-refractivity contribution in [2.75, 3.05) is 0 Å². The van der Waals surface area contributed by atoms with Gasteiger partial charge in [-0.25, -0.2) is 0 Å². The van der Waals surface area contributed by atoms with Crippen molar-refractivity contribution in [3.05, 3.63) is 0 Å². The van der Waals surface area contributed by atoms with Crippen LogP contribution < -0.4 is 0 Å². The van der Waals surface area contributed by atoms with Gasteiger partial charge < -0.3 is 0 Å². The molecule has 0 heterocycles. The van der Waals surface area contributed by atoms with Gasteiger partial charge >= 0.3 is 0 Å². The topological polar surface area (TPSA) is 0 Å². The van der Waals surface area contributed by atoms with Crippen LogP contribution in [0.25, 0.3) is 0 Å². The molecule has 0 aliphatic heterocycles. The zero-order chi connectivity index (χ0) is 18.5. The molecule has 8 atom stereocenters. The Bertz CT molecular complexity index is 346. The predicted molar refractivity (Wildman–Crippen MR) is 110 cm³/mol. The smallest absolute Gasteiger partial charge is 0.0272 e. The van der Waals surface area contributed by atoms with Gasteiger partial charge in [-0.1, -0.05) is 101 Å². The Morgan fingerprint density at radius 3 is 1.79 bits per heavy atom. The quantitative estimate of drug-likeness (QED) is 0.337. The van der Waals surface area contributed by atoms with E-state index in [1.165, 1.54) is 44.9 Å². The molecule has 144 valence electrons. The summed E-state index contributed by atoms with van der Waals surface area (Å²) in [5, 5.41) is 0. The molecule has 8 unspecified atom stereocenters. The molecule has 1 rings (SSSR count). The third kappa shape index (κ3) is 4.39. The molecule has 0 radical (unpaired) electrons. The summed E-state index contributed by atoms with van der Waals surface area (Å²) in [6.07, 6.45) is 9.71. The van der Waals surface area contributed by atoms with E-state index in [2.05, 4.69) is 62.3 Å². The summed E-state index contributed by atoms with van der Waals surface area (Å²) < 4.78 is 0. The predicted octanol–water partition coefficient (Wildman–Crippen LogP) is 8.21. The monoisotopic (exact) mass is 336 g/mol. The summed E-state index contributed by atoms with van der Waals surface area (Å²) in [5.41, 5.74) is 0.541. The zero-order valence-corrected chi connectivity index (χ0v) is 18.5. The molecule has 1 fully saturated rings. The van der Waals surface area contributed by atoms with E-state index in [0.29, 0.717) is 5.41 Å². The molecule has 0 heteroatoms. The van der Waals surface area contributed by atoms with Crippen molar-refractivity contribution in [2.45, 2.75) is 107 Å². The average molecular weight is 337 g/mol. The van der Waals surface area contributed by atoms with Crippen molar-refractivity contribution in [1.29, 1.82) is 0 Å². The summed E-state index contributed by atoms with van der Waals surface area (Å²) in [5.74, 6) is 6.64. The molecule has 0 aromatic heterocycles. The number of hydrogen-bond acceptors (Lipinski definition) is 0. The van der Waals surface area contributed by atoms with Crippen molar-refractivity contribution >= 4 is 0 Å². The van der Waals surface area contributed by atoms with Crippen LogP contribution in [0.2, 0.25) is 0 Å². The van der Waals surface area contributed by atoms with E-state index in [4.69, 9.17) is 0 Å². The second kappa shape index (κ2) is 9.63. The lowest BCUT2D eigenvalue weighted by atomic mass is 9.62. The SMILES string of the molecule is CCC(C)C(CC)C(CC)C1CC1C(CC)C(C)(CC)C(C)CC. The third-order valence-corrected chi connectivity index (χ3v) is 8.61. The van der Waals surface area contributed by atoms with Crippen LogP contribution in [0, 0.1) is 46.8 Å². The van der Waals surface area contributed by atoms with Crippen LogP contribution in [0.15, 0.2) is 0 Å². The highest BCUT2D eigenvalue weighted by Crippen LogP contribution is 2.60. The summed E-state index contributed by atoms with van der Waals surface area (Å²) >= 11 is 0. The lowest BCUT2D eigenvalue weighted by Gasteiger charge is -2.43. The van der Waals surface area contributed by atoms with E-state index >= 15 is 0 Å². The molecule has 0 bridgehead atoms. The van der Waals surface area contributed by atoms with Gasteiger partial charge in [0.25, 0.3) is 0 Å². The molecule has 0 aromatic rings. The zero-order valence-electron chi connectivity index (χ0n) is 18.5. The van der Waals surface area contributed by atoms with Gasteiger partial charge in [0.1, 0.15) is 0 Å². The molecular formula is C24H48. The molecule has 24 heavy (non-hydrogen) atoms. The average Bonchev–Trinajstić information content (AvgIpc) is 3.37. The second-order valence-corrected chi connectivity index (χ2v) is 9.28. The Morgan fingerprint density at radius 2 is 1.42 bits per heavy atom. The van der Waals surface area contributed by atoms with Gasteiger partial charge in [-0.05, 0) is 53.3 Å². The molecule has 0 amide bonds. The molecule has 0 aromatic carbocycles. The van der Waals surface area contributed by atoms with Crippen LogP contribution in [0.4, 0.5) is 0 Å². The maximum Gasteiger partial charge on any atom is -0.0272 e. The van der Waals surface area contributed by atoms with Gasteiger partial charge in [0, 0.05) is 0 Å². The van der Waals surface area contributed by atoms with Crippen LogP contribution in [0.3, 0.4) is 0 Å². The molecular weight excluding hydrogens is 288 g/mol. The second-order valence-electron chi connectivity index (χ2n) is 9.28. The molecule has 1 aliphatic rings. The molecule has 0 nitrogen and oxygen atoms in total. The maximum atomic E-state index is 2.61. The van der Waals surface area contributed by atoms with Crippen molar-refractivity contribution in [1.82, 2.24) is 0 Å². The van der Waals surface area contributed by atoms with E-state index in [9.17, 15) is 0 Å². The van der Waals surface area contributed by atoms with Gasteiger partial charge in [0.15, 0.2) is 0 Å². The van der Waals surface area contributed by atoms with E-state index < -0.39 is 0 Å². The molecule has 1 aliphatic carbocycles. The lowest BCUT2D eigenvalue weighted by molar-refractivity contribution is 0.0617. The van der Waals surface area contributed by atoms with Crippen molar-refractivity contribution in [2.24, 2.45) is 46.8 Å². The molecule has 0 saturated heterocycles. The molecule has 0 N–H and O–H groups in total. The Balaban J connectivity index is 2.92. The first-order valence-corrected chi connectivity index (χ1v) is 11.4. The van der Waals surface area contributed by atoms with Gasteiger partial charge in [-0.15, -0.1) is 0 Å². The van der Waals surface area contributed by atoms with Gasteiger partial charge in [0.2, 0.25) is 0 Å². The standard InChI is InChI=1S/C24H48/c1-10-17(7)19(12-3)20(13-4)21-16-22(21)23(14-5)24(9,15-6)18(8)11-2/h17-23H,10-16H2,1-9H3. The van der Waals surface area contributed by atoms with Crippen molar-refractivity contribution in [3.8, 4) is 0 Å². The Hall–Kier alpha value is 0. The Morgan fingerprint density at radius 1 is 0.792 bits per heavy atom. The van der Waals surface area contributed by atoms with E-state index in [1.807, 2.05) is 0 Å². The fourth-order valence-corrected chi connectivity index (χ4v) is 6.24. The van der Waals surface area contributed by atoms with Crippen LogP contribution in [0.1, 0.15) is 107 Å². The largest absolute Gasteiger partial charge is 0.0651 e. The van der Waals surface area contributed by atoms with Gasteiger partial charge in [-0.2, -0.15) is 0 Å². The minimum Gasteiger partial charge on any atom is -0.0651 e. The lowest BCUT2D eigenvalue weighted by Crippen LogP contribution is -2.35. The van der Waals surface area contributed by atoms with Crippen molar-refractivity contribution < 1.29 is 0 Å². The fraction of sp³-hybridized carbons (Fsp3) is 1.00. The van der Waals surface area contributed by atoms with E-state index in [1.54, 1.807) is 0 Å². The summed E-state index contributed by atoms with van der Waals surface area (Å²) in [6, 6.07) is 0. The molecule has 0 spiro atoms. The van der Waals surface area contributed by atoms with Crippen LogP contribution >= 0.6 is 0 Å². The summed E-state index contributed by atoms with van der Waals surface area (Å²) in [4.78, 5) is 0. The summed E-state index contributed by atoms with van der Waals surface area (Å²) in [6.45, 7) is 22.2.